The zero-order chi connectivity index (χ0) is 20.3. The summed E-state index contributed by atoms with van der Waals surface area (Å²) >= 11 is 0. The lowest BCUT2D eigenvalue weighted by atomic mass is 9.93. The van der Waals surface area contributed by atoms with Crippen LogP contribution in [-0.4, -0.2) is 35.3 Å². The summed E-state index contributed by atoms with van der Waals surface area (Å²) in [5, 5.41) is 11.6. The SMILES string of the molecule is C[C@H](NC(=O)C[C@](C)(O)C(F)(F)C(F)F)c1ccccc1OC(F)(F)F. The molecule has 2 atom stereocenters. The third-order valence-corrected chi connectivity index (χ3v) is 3.49. The molecule has 1 aromatic carbocycles. The van der Waals surface area contributed by atoms with E-state index in [0.717, 1.165) is 6.07 Å². The first-order valence-corrected chi connectivity index (χ1v) is 7.20. The summed E-state index contributed by atoms with van der Waals surface area (Å²) in [5.74, 6) is -6.74. The van der Waals surface area contributed by atoms with Gasteiger partial charge in [0.15, 0.2) is 0 Å². The van der Waals surface area contributed by atoms with Gasteiger partial charge in [-0.05, 0) is 19.9 Å². The van der Waals surface area contributed by atoms with Crippen LogP contribution in [0.5, 0.6) is 5.75 Å². The average molecular weight is 391 g/mol. The summed E-state index contributed by atoms with van der Waals surface area (Å²) in [5.41, 5.74) is -3.48. The van der Waals surface area contributed by atoms with Crippen molar-refractivity contribution >= 4 is 5.91 Å². The fraction of sp³-hybridized carbons (Fsp3) is 0.533. The number of aliphatic hydroxyl groups is 1. The Balaban J connectivity index is 2.89. The van der Waals surface area contributed by atoms with Crippen molar-refractivity contribution in [2.24, 2.45) is 0 Å². The van der Waals surface area contributed by atoms with E-state index < -0.39 is 48.4 Å². The number of amides is 1. The maximum absolute atomic E-state index is 13.3. The zero-order valence-electron chi connectivity index (χ0n) is 13.6. The first kappa shape index (κ1) is 22.0. The molecule has 1 rings (SSSR count). The molecule has 2 N–H and O–H groups in total. The lowest BCUT2D eigenvalue weighted by Crippen LogP contribution is -2.53. The largest absolute Gasteiger partial charge is 0.573 e. The van der Waals surface area contributed by atoms with Crippen LogP contribution in [0.4, 0.5) is 30.7 Å². The van der Waals surface area contributed by atoms with E-state index in [0.29, 0.717) is 6.92 Å². The Morgan fingerprint density at radius 2 is 1.73 bits per heavy atom. The molecule has 0 bridgehead atoms. The monoisotopic (exact) mass is 391 g/mol. The molecule has 0 aliphatic heterocycles. The Hall–Kier alpha value is -2.04. The number of benzene rings is 1. The molecular weight excluding hydrogens is 375 g/mol. The highest BCUT2D eigenvalue weighted by Gasteiger charge is 2.57. The van der Waals surface area contributed by atoms with Crippen LogP contribution >= 0.6 is 0 Å². The summed E-state index contributed by atoms with van der Waals surface area (Å²) in [6, 6.07) is 3.62. The van der Waals surface area contributed by atoms with Crippen molar-refractivity contribution in [1.82, 2.24) is 5.32 Å². The quantitative estimate of drug-likeness (QED) is 0.696. The molecule has 0 fully saturated rings. The molecule has 0 saturated heterocycles. The summed E-state index contributed by atoms with van der Waals surface area (Å²) in [4.78, 5) is 11.8. The lowest BCUT2D eigenvalue weighted by Gasteiger charge is -2.31. The van der Waals surface area contributed by atoms with Crippen molar-refractivity contribution in [2.45, 2.75) is 50.6 Å². The highest BCUT2D eigenvalue weighted by Crippen LogP contribution is 2.37. The predicted octanol–water partition coefficient (Wildman–Crippen LogP) is 3.80. The molecule has 0 saturated carbocycles. The molecule has 26 heavy (non-hydrogen) atoms. The number of rotatable bonds is 7. The van der Waals surface area contributed by atoms with Crippen LogP contribution in [0, 0.1) is 0 Å². The van der Waals surface area contributed by atoms with Crippen LogP contribution in [0.15, 0.2) is 24.3 Å². The number of carbonyl (C=O) groups is 1. The highest BCUT2D eigenvalue weighted by molar-refractivity contribution is 5.77. The molecule has 0 aliphatic rings. The van der Waals surface area contributed by atoms with Gasteiger partial charge < -0.3 is 15.2 Å². The summed E-state index contributed by atoms with van der Waals surface area (Å²) in [6.07, 6.45) is -10.6. The van der Waals surface area contributed by atoms with Gasteiger partial charge in [0.2, 0.25) is 5.91 Å². The minimum absolute atomic E-state index is 0.126. The van der Waals surface area contributed by atoms with Crippen molar-refractivity contribution in [1.29, 1.82) is 0 Å². The third-order valence-electron chi connectivity index (χ3n) is 3.49. The third kappa shape index (κ3) is 5.48. The van der Waals surface area contributed by atoms with Crippen molar-refractivity contribution in [3.05, 3.63) is 29.8 Å². The van der Waals surface area contributed by atoms with Gasteiger partial charge in [-0.1, -0.05) is 18.2 Å². The zero-order valence-corrected chi connectivity index (χ0v) is 13.6. The number of ether oxygens (including phenoxy) is 1. The minimum atomic E-state index is -5.00. The second-order valence-corrected chi connectivity index (χ2v) is 5.75. The molecule has 11 heteroatoms. The van der Waals surface area contributed by atoms with E-state index >= 15 is 0 Å². The second kappa shape index (κ2) is 7.68. The molecule has 0 unspecified atom stereocenters. The van der Waals surface area contributed by atoms with Crippen molar-refractivity contribution in [3.63, 3.8) is 0 Å². The van der Waals surface area contributed by atoms with Crippen LogP contribution in [0.2, 0.25) is 0 Å². The number of carbonyl (C=O) groups excluding carboxylic acids is 1. The Labute approximate surface area is 143 Å². The standard InChI is InChI=1S/C15H16F7NO3/c1-8(9-5-3-4-6-10(9)26-15(20,21)22)23-11(24)7-13(2,25)14(18,19)12(16)17/h3-6,8,12,25H,7H2,1-2H3,(H,23,24)/t8-,13-/m0/s1. The number of hydrogen-bond donors (Lipinski definition) is 2. The highest BCUT2D eigenvalue weighted by atomic mass is 19.4. The molecular formula is C15H16F7NO3. The smallest absolute Gasteiger partial charge is 0.405 e. The van der Waals surface area contributed by atoms with E-state index in [1.54, 1.807) is 0 Å². The van der Waals surface area contributed by atoms with Gasteiger partial charge in [0.1, 0.15) is 11.4 Å². The van der Waals surface area contributed by atoms with Gasteiger partial charge in [-0.2, -0.15) is 8.78 Å². The molecule has 148 valence electrons. The summed E-state index contributed by atoms with van der Waals surface area (Å²) in [7, 11) is 0. The lowest BCUT2D eigenvalue weighted by molar-refractivity contribution is -0.275. The Bertz CT molecular complexity index is 632. The molecule has 1 amide bonds. The van der Waals surface area contributed by atoms with Gasteiger partial charge in [0, 0.05) is 5.56 Å². The maximum atomic E-state index is 13.3. The first-order chi connectivity index (χ1) is 11.7. The van der Waals surface area contributed by atoms with Crippen molar-refractivity contribution in [3.8, 4) is 5.75 Å². The van der Waals surface area contributed by atoms with E-state index in [1.165, 1.54) is 25.1 Å². The molecule has 0 spiro atoms. The van der Waals surface area contributed by atoms with Gasteiger partial charge in [-0.25, -0.2) is 8.78 Å². The molecule has 0 aromatic heterocycles. The predicted molar refractivity (Wildman–Crippen MR) is 75.9 cm³/mol. The van der Waals surface area contributed by atoms with Crippen LogP contribution in [0.25, 0.3) is 0 Å². The van der Waals surface area contributed by atoms with Crippen LogP contribution in [0.1, 0.15) is 31.9 Å². The fourth-order valence-electron chi connectivity index (χ4n) is 2.09. The van der Waals surface area contributed by atoms with E-state index in [-0.39, 0.29) is 5.56 Å². The molecule has 0 aliphatic carbocycles. The number of halogens is 7. The maximum Gasteiger partial charge on any atom is 0.573 e. The number of alkyl halides is 7. The van der Waals surface area contributed by atoms with E-state index in [4.69, 9.17) is 0 Å². The normalized spacial score (nSPS) is 16.1. The molecule has 0 heterocycles. The number of para-hydroxylation sites is 1. The molecule has 0 radical (unpaired) electrons. The topological polar surface area (TPSA) is 58.6 Å². The van der Waals surface area contributed by atoms with Crippen LogP contribution in [-0.2, 0) is 4.79 Å². The van der Waals surface area contributed by atoms with Gasteiger partial charge in [-0.15, -0.1) is 13.2 Å². The second-order valence-electron chi connectivity index (χ2n) is 5.75. The first-order valence-electron chi connectivity index (χ1n) is 7.20. The van der Waals surface area contributed by atoms with Crippen LogP contribution < -0.4 is 10.1 Å². The summed E-state index contributed by atoms with van der Waals surface area (Å²) < 4.78 is 92.1. The Kier molecular flexibility index (Phi) is 6.50. The van der Waals surface area contributed by atoms with Gasteiger partial charge in [0.05, 0.1) is 12.5 Å². The van der Waals surface area contributed by atoms with Gasteiger partial charge in [-0.3, -0.25) is 4.79 Å². The number of nitrogens with one attached hydrogen (secondary N) is 1. The fourth-order valence-corrected chi connectivity index (χ4v) is 2.09. The Morgan fingerprint density at radius 1 is 1.19 bits per heavy atom. The van der Waals surface area contributed by atoms with Crippen LogP contribution in [0.3, 0.4) is 0 Å². The van der Waals surface area contributed by atoms with Gasteiger partial charge >= 0.3 is 18.7 Å². The molecule has 1 aromatic rings. The van der Waals surface area contributed by atoms with E-state index in [2.05, 4.69) is 10.1 Å². The molecule has 4 nitrogen and oxygen atoms in total. The minimum Gasteiger partial charge on any atom is -0.405 e. The average Bonchev–Trinajstić information content (AvgIpc) is 2.44. The Morgan fingerprint density at radius 3 is 2.23 bits per heavy atom. The van der Waals surface area contributed by atoms with E-state index in [1.807, 2.05) is 0 Å². The number of hydrogen-bond acceptors (Lipinski definition) is 3. The summed E-state index contributed by atoms with van der Waals surface area (Å²) in [6.45, 7) is 1.60. The van der Waals surface area contributed by atoms with E-state index in [9.17, 15) is 40.6 Å². The van der Waals surface area contributed by atoms with Crippen molar-refractivity contribution in [2.75, 3.05) is 0 Å². The van der Waals surface area contributed by atoms with Crippen molar-refractivity contribution < 1.29 is 45.4 Å². The van der Waals surface area contributed by atoms with Gasteiger partial charge in [0.25, 0.3) is 0 Å².